The Bertz CT molecular complexity index is 398. The van der Waals surface area contributed by atoms with Crippen LogP contribution in [0.15, 0.2) is 22.7 Å². The third-order valence-electron chi connectivity index (χ3n) is 2.39. The predicted molar refractivity (Wildman–Crippen MR) is 70.2 cm³/mol. The van der Waals surface area contributed by atoms with Gasteiger partial charge < -0.3 is 11.1 Å². The lowest BCUT2D eigenvalue weighted by Gasteiger charge is -2.12. The van der Waals surface area contributed by atoms with E-state index in [2.05, 4.69) is 21.2 Å². The van der Waals surface area contributed by atoms with Crippen LogP contribution in [0.4, 0.5) is 10.1 Å². The molecule has 1 amide bonds. The van der Waals surface area contributed by atoms with E-state index in [9.17, 15) is 9.18 Å². The van der Waals surface area contributed by atoms with Gasteiger partial charge in [0.2, 0.25) is 5.91 Å². The topological polar surface area (TPSA) is 55.1 Å². The van der Waals surface area contributed by atoms with Crippen LogP contribution < -0.4 is 11.1 Å². The van der Waals surface area contributed by atoms with E-state index in [1.165, 1.54) is 18.2 Å². The first-order chi connectivity index (χ1) is 8.04. The Balaban J connectivity index is 2.61. The van der Waals surface area contributed by atoms with Crippen LogP contribution in [0.25, 0.3) is 0 Å². The highest BCUT2D eigenvalue weighted by molar-refractivity contribution is 9.10. The highest BCUT2D eigenvalue weighted by Crippen LogP contribution is 2.23. The lowest BCUT2D eigenvalue weighted by atomic mass is 10.1. The van der Waals surface area contributed by atoms with Gasteiger partial charge in [0.25, 0.3) is 0 Å². The van der Waals surface area contributed by atoms with E-state index < -0.39 is 6.04 Å². The third kappa shape index (κ3) is 4.44. The molecule has 1 atom stereocenters. The third-order valence-corrected chi connectivity index (χ3v) is 3.05. The van der Waals surface area contributed by atoms with Crippen LogP contribution >= 0.6 is 15.9 Å². The summed E-state index contributed by atoms with van der Waals surface area (Å²) in [6.07, 6.45) is 2.57. The molecule has 17 heavy (non-hydrogen) atoms. The molecule has 0 aliphatic rings. The molecule has 1 unspecified atom stereocenters. The van der Waals surface area contributed by atoms with E-state index in [4.69, 9.17) is 5.73 Å². The fourth-order valence-electron chi connectivity index (χ4n) is 1.37. The first-order valence-electron chi connectivity index (χ1n) is 5.56. The summed E-state index contributed by atoms with van der Waals surface area (Å²) in [4.78, 5) is 11.7. The number of hydrogen-bond acceptors (Lipinski definition) is 2. The van der Waals surface area contributed by atoms with E-state index in [1.54, 1.807) is 0 Å². The van der Waals surface area contributed by atoms with Gasteiger partial charge in [0.15, 0.2) is 0 Å². The van der Waals surface area contributed by atoms with Crippen molar-refractivity contribution >= 4 is 27.5 Å². The Morgan fingerprint density at radius 2 is 2.29 bits per heavy atom. The van der Waals surface area contributed by atoms with Gasteiger partial charge in [0.05, 0.1) is 11.7 Å². The van der Waals surface area contributed by atoms with Gasteiger partial charge in [-0.1, -0.05) is 19.8 Å². The normalized spacial score (nSPS) is 12.2. The maximum Gasteiger partial charge on any atom is 0.241 e. The fourth-order valence-corrected chi connectivity index (χ4v) is 1.82. The average molecular weight is 303 g/mol. The number of rotatable bonds is 5. The predicted octanol–water partition coefficient (Wildman–Crippen LogP) is 3.04. The van der Waals surface area contributed by atoms with Crippen LogP contribution in [-0.2, 0) is 4.79 Å². The second kappa shape index (κ2) is 6.71. The molecular weight excluding hydrogens is 287 g/mol. The van der Waals surface area contributed by atoms with Gasteiger partial charge in [0, 0.05) is 4.47 Å². The second-order valence-corrected chi connectivity index (χ2v) is 4.72. The summed E-state index contributed by atoms with van der Waals surface area (Å²) in [6, 6.07) is 3.57. The van der Waals surface area contributed by atoms with Gasteiger partial charge in [0.1, 0.15) is 5.82 Å². The number of benzene rings is 1. The van der Waals surface area contributed by atoms with Crippen LogP contribution in [0, 0.1) is 5.82 Å². The van der Waals surface area contributed by atoms with Crippen molar-refractivity contribution in [3.63, 3.8) is 0 Å². The molecule has 0 bridgehead atoms. The van der Waals surface area contributed by atoms with Crippen molar-refractivity contribution in [3.05, 3.63) is 28.5 Å². The van der Waals surface area contributed by atoms with E-state index in [-0.39, 0.29) is 11.7 Å². The standard InChI is InChI=1S/C12H16BrFN2O/c1-2-3-4-10(15)12(17)16-11-6-5-8(14)7-9(11)13/h5-7,10H,2-4,15H2,1H3,(H,16,17). The van der Waals surface area contributed by atoms with E-state index in [1.807, 2.05) is 6.92 Å². The molecule has 94 valence electrons. The van der Waals surface area contributed by atoms with E-state index in [0.717, 1.165) is 12.8 Å². The zero-order valence-electron chi connectivity index (χ0n) is 9.67. The summed E-state index contributed by atoms with van der Waals surface area (Å²) in [7, 11) is 0. The van der Waals surface area contributed by atoms with Crippen LogP contribution in [0.2, 0.25) is 0 Å². The maximum atomic E-state index is 12.8. The molecule has 0 aliphatic heterocycles. The molecule has 0 fully saturated rings. The van der Waals surface area contributed by atoms with Gasteiger partial charge in [-0.3, -0.25) is 4.79 Å². The SMILES string of the molecule is CCCCC(N)C(=O)Nc1ccc(F)cc1Br. The lowest BCUT2D eigenvalue weighted by Crippen LogP contribution is -2.35. The van der Waals surface area contributed by atoms with Crippen molar-refractivity contribution in [1.82, 2.24) is 0 Å². The molecule has 0 saturated carbocycles. The number of anilines is 1. The minimum Gasteiger partial charge on any atom is -0.324 e. The smallest absolute Gasteiger partial charge is 0.241 e. The van der Waals surface area contributed by atoms with Crippen LogP contribution in [-0.4, -0.2) is 11.9 Å². The first kappa shape index (κ1) is 14.1. The van der Waals surface area contributed by atoms with E-state index >= 15 is 0 Å². The van der Waals surface area contributed by atoms with Gasteiger partial charge in [-0.05, 0) is 40.5 Å². The molecule has 0 aliphatic carbocycles. The molecule has 1 rings (SSSR count). The summed E-state index contributed by atoms with van der Waals surface area (Å²) in [5.74, 6) is -0.601. The summed E-state index contributed by atoms with van der Waals surface area (Å²) in [6.45, 7) is 2.04. The number of amides is 1. The number of carbonyl (C=O) groups is 1. The van der Waals surface area contributed by atoms with Gasteiger partial charge in [-0.25, -0.2) is 4.39 Å². The minimum atomic E-state index is -0.521. The maximum absolute atomic E-state index is 12.8. The molecule has 0 heterocycles. The number of hydrogen-bond donors (Lipinski definition) is 2. The molecule has 0 spiro atoms. The molecular formula is C12H16BrFN2O. The Morgan fingerprint density at radius 1 is 1.59 bits per heavy atom. The first-order valence-corrected chi connectivity index (χ1v) is 6.35. The largest absolute Gasteiger partial charge is 0.324 e. The molecule has 1 aromatic carbocycles. The zero-order valence-corrected chi connectivity index (χ0v) is 11.3. The minimum absolute atomic E-state index is 0.245. The summed E-state index contributed by atoms with van der Waals surface area (Å²) >= 11 is 3.18. The summed E-state index contributed by atoms with van der Waals surface area (Å²) in [5, 5.41) is 2.67. The number of nitrogens with two attached hydrogens (primary N) is 1. The molecule has 0 aromatic heterocycles. The monoisotopic (exact) mass is 302 g/mol. The highest BCUT2D eigenvalue weighted by atomic mass is 79.9. The lowest BCUT2D eigenvalue weighted by molar-refractivity contribution is -0.117. The number of unbranched alkanes of at least 4 members (excludes halogenated alkanes) is 1. The van der Waals surface area contributed by atoms with Crippen molar-refractivity contribution in [2.75, 3.05) is 5.32 Å². The van der Waals surface area contributed by atoms with Crippen molar-refractivity contribution in [3.8, 4) is 0 Å². The van der Waals surface area contributed by atoms with Crippen molar-refractivity contribution in [2.45, 2.75) is 32.2 Å². The molecule has 0 radical (unpaired) electrons. The Morgan fingerprint density at radius 3 is 2.88 bits per heavy atom. The molecule has 1 aromatic rings. The zero-order chi connectivity index (χ0) is 12.8. The Kier molecular flexibility index (Phi) is 5.58. The summed E-state index contributed by atoms with van der Waals surface area (Å²) in [5.41, 5.74) is 6.26. The molecule has 0 saturated heterocycles. The molecule has 5 heteroatoms. The van der Waals surface area contributed by atoms with Crippen molar-refractivity contribution < 1.29 is 9.18 Å². The number of carbonyl (C=O) groups excluding carboxylic acids is 1. The van der Waals surface area contributed by atoms with E-state index in [0.29, 0.717) is 16.6 Å². The number of nitrogens with one attached hydrogen (secondary N) is 1. The van der Waals surface area contributed by atoms with Crippen LogP contribution in [0.3, 0.4) is 0 Å². The average Bonchev–Trinajstić information content (AvgIpc) is 2.29. The van der Waals surface area contributed by atoms with Crippen molar-refractivity contribution in [2.24, 2.45) is 5.73 Å². The Hall–Kier alpha value is -0.940. The van der Waals surface area contributed by atoms with Gasteiger partial charge in [-0.2, -0.15) is 0 Å². The summed E-state index contributed by atoms with van der Waals surface area (Å²) < 4.78 is 13.4. The fraction of sp³-hybridized carbons (Fsp3) is 0.417. The molecule has 3 nitrogen and oxygen atoms in total. The highest BCUT2D eigenvalue weighted by Gasteiger charge is 2.14. The van der Waals surface area contributed by atoms with Crippen LogP contribution in [0.1, 0.15) is 26.2 Å². The van der Waals surface area contributed by atoms with Crippen LogP contribution in [0.5, 0.6) is 0 Å². The Labute approximate surface area is 109 Å². The second-order valence-electron chi connectivity index (χ2n) is 3.86. The quantitative estimate of drug-likeness (QED) is 0.878. The van der Waals surface area contributed by atoms with Gasteiger partial charge in [-0.15, -0.1) is 0 Å². The van der Waals surface area contributed by atoms with Gasteiger partial charge >= 0.3 is 0 Å². The van der Waals surface area contributed by atoms with Crippen molar-refractivity contribution in [1.29, 1.82) is 0 Å². The number of halogens is 2. The molecule has 3 N–H and O–H groups in total.